The zero-order valence-electron chi connectivity index (χ0n) is 19.5. The van der Waals surface area contributed by atoms with E-state index in [0.29, 0.717) is 12.8 Å². The van der Waals surface area contributed by atoms with Crippen molar-refractivity contribution in [2.45, 2.75) is 76.1 Å². The maximum absolute atomic E-state index is 12.2. The maximum Gasteiger partial charge on any atom is 0.302 e. The van der Waals surface area contributed by atoms with E-state index in [1.165, 1.54) is 25.1 Å². The zero-order chi connectivity index (χ0) is 26.1. The molecule has 9 heteroatoms. The van der Waals surface area contributed by atoms with E-state index < -0.39 is 22.2 Å². The summed E-state index contributed by atoms with van der Waals surface area (Å²) in [7, 11) is -3.63. The van der Waals surface area contributed by atoms with Gasteiger partial charge < -0.3 is 9.84 Å². The van der Waals surface area contributed by atoms with Gasteiger partial charge in [0.1, 0.15) is 6.10 Å². The fourth-order valence-electron chi connectivity index (χ4n) is 2.70. The van der Waals surface area contributed by atoms with Crippen molar-refractivity contribution in [2.24, 2.45) is 0 Å². The van der Waals surface area contributed by atoms with Crippen molar-refractivity contribution in [3.8, 4) is 24.7 Å². The van der Waals surface area contributed by atoms with Crippen molar-refractivity contribution in [1.82, 2.24) is 9.56 Å². The number of ether oxygens (including phenoxy) is 1. The maximum atomic E-state index is 12.2. The second-order valence-corrected chi connectivity index (χ2v) is 9.33. The fourth-order valence-corrected chi connectivity index (χ4v) is 4.10. The van der Waals surface area contributed by atoms with E-state index in [1.54, 1.807) is 18.2 Å². The number of hydrogen-bond acceptors (Lipinski definition) is 6. The van der Waals surface area contributed by atoms with Crippen LogP contribution in [0.4, 0.5) is 0 Å². The Morgan fingerprint density at radius 1 is 1.14 bits per heavy atom. The lowest BCUT2D eigenvalue weighted by molar-refractivity contribution is -0.146. The Morgan fingerprint density at radius 3 is 2.11 bits per heavy atom. The van der Waals surface area contributed by atoms with E-state index in [0.717, 1.165) is 5.56 Å². The normalized spacial score (nSPS) is 13.7. The molecule has 1 rings (SSSR count). The molecule has 4 atom stereocenters. The number of esters is 1. The van der Waals surface area contributed by atoms with Gasteiger partial charge in [0.05, 0.1) is 11.0 Å². The summed E-state index contributed by atoms with van der Waals surface area (Å²) in [6.07, 6.45) is 13.5. The Kier molecular flexibility index (Phi) is 18.5. The van der Waals surface area contributed by atoms with Gasteiger partial charge in [-0.05, 0) is 37.3 Å². The zero-order valence-corrected chi connectivity index (χ0v) is 21.1. The molecule has 0 aliphatic rings. The number of aliphatic hydroxyl groups excluding tert-OH is 1. The first-order chi connectivity index (χ1) is 16.0. The summed E-state index contributed by atoms with van der Waals surface area (Å²) in [6.45, 7) is 10.4. The minimum atomic E-state index is -3.63. The number of halogens is 1. The molecule has 1 aromatic carbocycles. The highest BCUT2D eigenvalue weighted by molar-refractivity contribution is 7.89. The molecule has 7 nitrogen and oxygen atoms in total. The summed E-state index contributed by atoms with van der Waals surface area (Å²) in [5.74, 6) is 4.44. The summed E-state index contributed by atoms with van der Waals surface area (Å²) in [5.41, 5.74) is 0.980. The van der Waals surface area contributed by atoms with Gasteiger partial charge in [-0.25, -0.2) is 18.0 Å². The summed E-state index contributed by atoms with van der Waals surface area (Å²) < 4.78 is 31.8. The minimum absolute atomic E-state index is 0. The number of sulfonamides is 1. The number of carbonyl (C=O) groups excluding carboxylic acids is 1. The first-order valence-electron chi connectivity index (χ1n) is 10.4. The molecule has 0 aliphatic heterocycles. The third-order valence-corrected chi connectivity index (χ3v) is 6.21. The Hall–Kier alpha value is -2.59. The molecule has 0 spiro atoms. The van der Waals surface area contributed by atoms with E-state index in [2.05, 4.69) is 34.6 Å². The Labute approximate surface area is 216 Å². The van der Waals surface area contributed by atoms with Crippen LogP contribution in [0.1, 0.15) is 45.6 Å². The predicted octanol–water partition coefficient (Wildman–Crippen LogP) is 3.87. The van der Waals surface area contributed by atoms with Crippen LogP contribution in [0.15, 0.2) is 54.5 Å². The second kappa shape index (κ2) is 18.7. The van der Waals surface area contributed by atoms with Gasteiger partial charge in [-0.1, -0.05) is 37.3 Å². The first-order valence-corrected chi connectivity index (χ1v) is 12.3. The lowest BCUT2D eigenvalue weighted by Crippen LogP contribution is -2.35. The molecular weight excluding hydrogens is 488 g/mol. The van der Waals surface area contributed by atoms with Gasteiger partial charge in [0.2, 0.25) is 10.0 Å². The van der Waals surface area contributed by atoms with Crippen molar-refractivity contribution in [2.75, 3.05) is 0 Å². The van der Waals surface area contributed by atoms with Gasteiger partial charge in [-0.15, -0.1) is 37.8 Å². The SMILES string of the molecule is C.C#CCC(O)C[C@@H](C=C)NS(=O)(=O)c1ccc(C)cc1.C#CC[C@H](C[C@@H](C=C)NCl)OC(C)=O. The summed E-state index contributed by atoms with van der Waals surface area (Å²) in [5, 5.41) is 9.63. The molecule has 0 saturated heterocycles. The van der Waals surface area contributed by atoms with E-state index in [-0.39, 0.29) is 43.3 Å². The van der Waals surface area contributed by atoms with Crippen LogP contribution in [0.5, 0.6) is 0 Å². The van der Waals surface area contributed by atoms with Crippen molar-refractivity contribution in [3.05, 3.63) is 55.1 Å². The average molecular weight is 525 g/mol. The van der Waals surface area contributed by atoms with Crippen LogP contribution in [-0.2, 0) is 19.6 Å². The Morgan fingerprint density at radius 2 is 1.69 bits per heavy atom. The molecule has 1 aromatic rings. The monoisotopic (exact) mass is 524 g/mol. The molecule has 0 radical (unpaired) electrons. The highest BCUT2D eigenvalue weighted by Crippen LogP contribution is 2.13. The number of terminal acetylenes is 2. The molecule has 0 aromatic heterocycles. The minimum Gasteiger partial charge on any atom is -0.461 e. The molecule has 194 valence electrons. The number of nitrogens with one attached hydrogen (secondary N) is 2. The number of hydrogen-bond donors (Lipinski definition) is 3. The topological polar surface area (TPSA) is 105 Å². The average Bonchev–Trinajstić information content (AvgIpc) is 2.77. The van der Waals surface area contributed by atoms with Gasteiger partial charge in [0.15, 0.2) is 0 Å². The molecule has 0 bridgehead atoms. The van der Waals surface area contributed by atoms with E-state index in [1.807, 2.05) is 6.92 Å². The van der Waals surface area contributed by atoms with Crippen molar-refractivity contribution in [1.29, 1.82) is 0 Å². The van der Waals surface area contributed by atoms with Crippen molar-refractivity contribution >= 4 is 27.8 Å². The van der Waals surface area contributed by atoms with Gasteiger partial charge in [0, 0.05) is 38.3 Å². The third kappa shape index (κ3) is 15.1. The number of benzene rings is 1. The predicted molar refractivity (Wildman–Crippen MR) is 143 cm³/mol. The van der Waals surface area contributed by atoms with E-state index in [4.69, 9.17) is 29.4 Å². The van der Waals surface area contributed by atoms with Crippen LogP contribution in [0.25, 0.3) is 0 Å². The Bertz CT molecular complexity index is 965. The number of aliphatic hydroxyl groups is 1. The highest BCUT2D eigenvalue weighted by atomic mass is 35.5. The molecule has 0 amide bonds. The standard InChI is InChI=1S/C15H19NO3S.C10H14ClNO2.CH4/c1-4-6-14(17)11-13(5-2)16-20(18,19)15-9-7-12(3)8-10-15;1-4-6-10(14-8(3)13)7-9(5-2)12-11;/h1,5,7-10,13-14,16-17H,2,6,11H2,3H3;1,5,9-10,12H,2,6-7H2,3H3;1H4/t13-,14?;9-,10-;/m11./s1. The molecule has 0 aliphatic carbocycles. The van der Waals surface area contributed by atoms with Crippen molar-refractivity contribution in [3.63, 3.8) is 0 Å². The number of rotatable bonds is 13. The smallest absolute Gasteiger partial charge is 0.302 e. The van der Waals surface area contributed by atoms with Gasteiger partial charge in [-0.2, -0.15) is 0 Å². The van der Waals surface area contributed by atoms with Gasteiger partial charge >= 0.3 is 5.97 Å². The van der Waals surface area contributed by atoms with Crippen molar-refractivity contribution < 1.29 is 23.1 Å². The van der Waals surface area contributed by atoms with Crippen LogP contribution in [-0.4, -0.2) is 43.8 Å². The molecule has 3 N–H and O–H groups in total. The van der Waals surface area contributed by atoms with Crippen LogP contribution < -0.4 is 9.56 Å². The highest BCUT2D eigenvalue weighted by Gasteiger charge is 2.20. The van der Waals surface area contributed by atoms with Crippen LogP contribution in [0, 0.1) is 31.6 Å². The number of carbonyl (C=O) groups is 1. The Balaban J connectivity index is 0. The quantitative estimate of drug-likeness (QED) is 0.157. The van der Waals surface area contributed by atoms with Crippen LogP contribution >= 0.6 is 11.8 Å². The summed E-state index contributed by atoms with van der Waals surface area (Å²) in [4.78, 5) is 13.4. The molecule has 0 heterocycles. The van der Waals surface area contributed by atoms with Crippen LogP contribution in [0.2, 0.25) is 0 Å². The third-order valence-electron chi connectivity index (χ3n) is 4.42. The fraction of sp³-hybridized carbons (Fsp3) is 0.423. The van der Waals surface area contributed by atoms with Crippen LogP contribution in [0.3, 0.4) is 0 Å². The molecular formula is C26H37ClN2O5S. The number of aryl methyl sites for hydroxylation is 1. The molecule has 0 saturated carbocycles. The van der Waals surface area contributed by atoms with Gasteiger partial charge in [0.25, 0.3) is 0 Å². The molecule has 1 unspecified atom stereocenters. The molecule has 0 fully saturated rings. The summed E-state index contributed by atoms with van der Waals surface area (Å²) in [6, 6.07) is 5.85. The lowest BCUT2D eigenvalue weighted by Gasteiger charge is -2.18. The van der Waals surface area contributed by atoms with E-state index >= 15 is 0 Å². The first kappa shape index (κ1) is 34.6. The summed E-state index contributed by atoms with van der Waals surface area (Å²) >= 11 is 5.44. The van der Waals surface area contributed by atoms with E-state index in [9.17, 15) is 18.3 Å². The molecule has 35 heavy (non-hydrogen) atoms. The second-order valence-electron chi connectivity index (χ2n) is 7.40. The van der Waals surface area contributed by atoms with Gasteiger partial charge in [-0.3, -0.25) is 4.79 Å². The largest absolute Gasteiger partial charge is 0.461 e. The lowest BCUT2D eigenvalue weighted by atomic mass is 10.1.